The zero-order valence-electron chi connectivity index (χ0n) is 19.6. The van der Waals surface area contributed by atoms with E-state index in [0.29, 0.717) is 17.3 Å². The van der Waals surface area contributed by atoms with E-state index in [1.54, 1.807) is 5.57 Å². The molecule has 3 fully saturated rings. The Morgan fingerprint density at radius 2 is 1.79 bits per heavy atom. The van der Waals surface area contributed by atoms with Crippen LogP contribution in [0.3, 0.4) is 0 Å². The van der Waals surface area contributed by atoms with Gasteiger partial charge >= 0.3 is 0 Å². The van der Waals surface area contributed by atoms with Gasteiger partial charge in [-0.25, -0.2) is 0 Å². The molecule has 0 aromatic carbocycles. The number of aliphatic hydroxyl groups excluding tert-OH is 1. The van der Waals surface area contributed by atoms with Gasteiger partial charge in [-0.05, 0) is 91.9 Å². The molecule has 0 amide bonds. The summed E-state index contributed by atoms with van der Waals surface area (Å²) in [4.78, 5) is 0. The van der Waals surface area contributed by atoms with E-state index in [2.05, 4.69) is 65.5 Å². The van der Waals surface area contributed by atoms with Gasteiger partial charge in [0.05, 0.1) is 6.10 Å². The van der Waals surface area contributed by atoms with E-state index in [1.807, 2.05) is 0 Å². The highest BCUT2D eigenvalue weighted by atomic mass is 16.3. The van der Waals surface area contributed by atoms with Crippen molar-refractivity contribution in [3.8, 4) is 0 Å². The van der Waals surface area contributed by atoms with Crippen LogP contribution in [0.5, 0.6) is 0 Å². The summed E-state index contributed by atoms with van der Waals surface area (Å²) in [6.07, 6.45) is 18.8. The van der Waals surface area contributed by atoms with Crippen molar-refractivity contribution in [2.45, 2.75) is 92.1 Å². The molecule has 0 aliphatic heterocycles. The average molecular weight is 397 g/mol. The largest absolute Gasteiger partial charge is 0.393 e. The first-order chi connectivity index (χ1) is 13.7. The van der Waals surface area contributed by atoms with Crippen molar-refractivity contribution in [2.24, 2.45) is 35.0 Å². The van der Waals surface area contributed by atoms with Crippen LogP contribution < -0.4 is 0 Å². The minimum Gasteiger partial charge on any atom is -0.393 e. The molecule has 0 aromatic rings. The minimum atomic E-state index is -0.182. The van der Waals surface area contributed by atoms with Crippen LogP contribution in [0, 0.1) is 35.0 Å². The summed E-state index contributed by atoms with van der Waals surface area (Å²) in [5.41, 5.74) is 4.61. The van der Waals surface area contributed by atoms with Crippen molar-refractivity contribution in [3.63, 3.8) is 0 Å². The van der Waals surface area contributed by atoms with Crippen LogP contribution in [0.2, 0.25) is 0 Å². The Labute approximate surface area is 180 Å². The van der Waals surface area contributed by atoms with Crippen molar-refractivity contribution >= 4 is 0 Å². The number of hydrogen-bond donors (Lipinski definition) is 1. The van der Waals surface area contributed by atoms with E-state index in [0.717, 1.165) is 37.0 Å². The Morgan fingerprint density at radius 3 is 2.52 bits per heavy atom. The molecule has 0 unspecified atom stereocenters. The molecule has 1 heteroatoms. The van der Waals surface area contributed by atoms with Gasteiger partial charge in [0.2, 0.25) is 0 Å². The summed E-state index contributed by atoms with van der Waals surface area (Å²) in [7, 11) is 0. The molecule has 3 saturated carbocycles. The second-order valence-electron chi connectivity index (χ2n) is 10.9. The zero-order chi connectivity index (χ0) is 21.2. The quantitative estimate of drug-likeness (QED) is 0.473. The van der Waals surface area contributed by atoms with E-state index in [9.17, 15) is 5.11 Å². The molecule has 1 N–H and O–H groups in total. The number of aliphatic hydroxyl groups is 1. The predicted molar refractivity (Wildman–Crippen MR) is 126 cm³/mol. The fraction of sp³-hybridized carbons (Fsp3) is 0.714. The van der Waals surface area contributed by atoms with Gasteiger partial charge in [-0.3, -0.25) is 0 Å². The molecule has 0 aromatic heterocycles. The minimum absolute atomic E-state index is 0.182. The molecule has 0 radical (unpaired) electrons. The van der Waals surface area contributed by atoms with Crippen molar-refractivity contribution in [1.82, 2.24) is 0 Å². The SMILES string of the molecule is C=C1CC[C@H](O)C/C1=C/C=C1\CCC[C@]2(C)[C@H]1CC[C@H]2[C@H](C)/C=C/[C@H](C)C(C)C. The molecule has 0 saturated heterocycles. The van der Waals surface area contributed by atoms with Crippen LogP contribution in [0.1, 0.15) is 86.0 Å². The highest BCUT2D eigenvalue weighted by molar-refractivity contribution is 5.36. The molecule has 1 nitrogen and oxygen atoms in total. The monoisotopic (exact) mass is 396 g/mol. The molecular weight excluding hydrogens is 352 g/mol. The third kappa shape index (κ3) is 4.98. The van der Waals surface area contributed by atoms with Crippen LogP contribution in [-0.4, -0.2) is 11.2 Å². The highest BCUT2D eigenvalue weighted by Gasteiger charge is 2.50. The van der Waals surface area contributed by atoms with Crippen LogP contribution in [-0.2, 0) is 0 Å². The maximum absolute atomic E-state index is 10.0. The summed E-state index contributed by atoms with van der Waals surface area (Å²) in [6, 6.07) is 0. The van der Waals surface area contributed by atoms with Gasteiger partial charge in [0.1, 0.15) is 0 Å². The van der Waals surface area contributed by atoms with E-state index < -0.39 is 0 Å². The fourth-order valence-electron chi connectivity index (χ4n) is 6.25. The van der Waals surface area contributed by atoms with Crippen molar-refractivity contribution in [3.05, 3.63) is 47.6 Å². The van der Waals surface area contributed by atoms with Crippen molar-refractivity contribution in [1.29, 1.82) is 0 Å². The molecule has 0 heterocycles. The molecule has 3 rings (SSSR count). The molecule has 29 heavy (non-hydrogen) atoms. The van der Waals surface area contributed by atoms with E-state index in [1.165, 1.54) is 43.3 Å². The molecule has 3 aliphatic carbocycles. The van der Waals surface area contributed by atoms with Crippen molar-refractivity contribution < 1.29 is 5.11 Å². The summed E-state index contributed by atoms with van der Waals surface area (Å²) in [6.45, 7) is 16.3. The lowest BCUT2D eigenvalue weighted by Crippen LogP contribution is -2.35. The van der Waals surface area contributed by atoms with Crippen molar-refractivity contribution in [2.75, 3.05) is 0 Å². The maximum Gasteiger partial charge on any atom is 0.0583 e. The van der Waals surface area contributed by atoms with Gasteiger partial charge in [-0.15, -0.1) is 0 Å². The summed E-state index contributed by atoms with van der Waals surface area (Å²) in [5, 5.41) is 10.0. The summed E-state index contributed by atoms with van der Waals surface area (Å²) in [5.74, 6) is 3.58. The molecule has 0 spiro atoms. The number of fused-ring (bicyclic) bond motifs is 1. The highest BCUT2D eigenvalue weighted by Crippen LogP contribution is 2.59. The topological polar surface area (TPSA) is 20.2 Å². The Kier molecular flexibility index (Phi) is 7.31. The molecule has 6 atom stereocenters. The fourth-order valence-corrected chi connectivity index (χ4v) is 6.25. The number of rotatable bonds is 5. The Bertz CT molecular complexity index is 678. The Balaban J connectivity index is 1.75. The van der Waals surface area contributed by atoms with Gasteiger partial charge in [0.15, 0.2) is 0 Å². The molecule has 0 bridgehead atoms. The number of allylic oxidation sites excluding steroid dienone is 6. The van der Waals surface area contributed by atoms with Crippen LogP contribution in [0.4, 0.5) is 0 Å². The second kappa shape index (κ2) is 9.38. The van der Waals surface area contributed by atoms with Crippen LogP contribution in [0.25, 0.3) is 0 Å². The Morgan fingerprint density at radius 1 is 1.03 bits per heavy atom. The third-order valence-electron chi connectivity index (χ3n) is 8.63. The van der Waals surface area contributed by atoms with E-state index >= 15 is 0 Å². The smallest absolute Gasteiger partial charge is 0.0583 e. The Hall–Kier alpha value is -1.08. The normalized spacial score (nSPS) is 38.2. The maximum atomic E-state index is 10.0. The van der Waals surface area contributed by atoms with Crippen LogP contribution in [0.15, 0.2) is 47.6 Å². The van der Waals surface area contributed by atoms with Gasteiger partial charge in [-0.2, -0.15) is 0 Å². The van der Waals surface area contributed by atoms with Gasteiger partial charge in [0, 0.05) is 0 Å². The molecule has 162 valence electrons. The lowest BCUT2D eigenvalue weighted by molar-refractivity contribution is 0.112. The zero-order valence-corrected chi connectivity index (χ0v) is 19.6. The predicted octanol–water partition coefficient (Wildman–Crippen LogP) is 7.64. The van der Waals surface area contributed by atoms with Crippen LogP contribution >= 0.6 is 0 Å². The molecule has 3 aliphatic rings. The lowest BCUT2D eigenvalue weighted by Gasteiger charge is -2.44. The first-order valence-corrected chi connectivity index (χ1v) is 12.2. The first-order valence-electron chi connectivity index (χ1n) is 12.2. The third-order valence-corrected chi connectivity index (χ3v) is 8.63. The standard InChI is InChI=1S/C28H44O/c1-19(2)20(3)9-10-22(5)26-15-16-27-23(8-7-17-28(26,27)6)12-13-24-18-25(29)14-11-21(24)4/h9-10,12-13,19-20,22,25-27,29H,4,7-8,11,14-18H2,1-3,5-6H3/b10-9+,23-12+,24-13-/t20-,22+,25-,26-,27-,28-/m0/s1. The number of hydrogen-bond acceptors (Lipinski definition) is 1. The average Bonchev–Trinajstić information content (AvgIpc) is 3.04. The van der Waals surface area contributed by atoms with E-state index in [4.69, 9.17) is 0 Å². The first kappa shape index (κ1) is 22.6. The molecular formula is C28H44O. The van der Waals surface area contributed by atoms with Gasteiger partial charge in [0.25, 0.3) is 0 Å². The van der Waals surface area contributed by atoms with E-state index in [-0.39, 0.29) is 6.10 Å². The van der Waals surface area contributed by atoms with Gasteiger partial charge < -0.3 is 5.11 Å². The lowest BCUT2D eigenvalue weighted by atomic mass is 9.61. The second-order valence-corrected chi connectivity index (χ2v) is 10.9. The van der Waals surface area contributed by atoms with Gasteiger partial charge in [-0.1, -0.05) is 76.6 Å². The summed E-state index contributed by atoms with van der Waals surface area (Å²) >= 11 is 0. The summed E-state index contributed by atoms with van der Waals surface area (Å²) < 4.78 is 0.